The first-order valence-corrected chi connectivity index (χ1v) is 12.6. The molecule has 38 heavy (non-hydrogen) atoms. The molecule has 12 heteroatoms. The van der Waals surface area contributed by atoms with Gasteiger partial charge in [-0.15, -0.1) is 0 Å². The quantitative estimate of drug-likeness (QED) is 0.154. The molecule has 1 aromatic rings. The number of carboxylic acid groups (broad SMARTS) is 1. The summed E-state index contributed by atoms with van der Waals surface area (Å²) >= 11 is 0. The Morgan fingerprint density at radius 3 is 1.66 bits per heavy atom. The van der Waals surface area contributed by atoms with E-state index in [1.54, 1.807) is 12.1 Å². The van der Waals surface area contributed by atoms with Gasteiger partial charge < -0.3 is 37.6 Å². The van der Waals surface area contributed by atoms with Gasteiger partial charge in [0.05, 0.1) is 6.04 Å². The summed E-state index contributed by atoms with van der Waals surface area (Å²) in [5, 5.41) is 26.8. The lowest BCUT2D eigenvalue weighted by Gasteiger charge is -2.27. The number of amides is 4. The number of hydrogen-bond acceptors (Lipinski definition) is 7. The third-order valence-electron chi connectivity index (χ3n) is 5.71. The Hall–Kier alpha value is -3.67. The summed E-state index contributed by atoms with van der Waals surface area (Å²) in [5.74, 6) is -3.75. The van der Waals surface area contributed by atoms with Crippen molar-refractivity contribution >= 4 is 29.6 Å². The van der Waals surface area contributed by atoms with Crippen LogP contribution in [0.3, 0.4) is 0 Å². The van der Waals surface area contributed by atoms with Crippen LogP contribution in [0, 0.1) is 11.8 Å². The fourth-order valence-electron chi connectivity index (χ4n) is 3.73. The Kier molecular flexibility index (Phi) is 13.2. The molecule has 0 fully saturated rings. The topological polar surface area (TPSA) is 214 Å². The van der Waals surface area contributed by atoms with E-state index in [1.807, 2.05) is 27.7 Å². The fraction of sp³-hybridized carbons (Fsp3) is 0.577. The van der Waals surface area contributed by atoms with Crippen molar-refractivity contribution in [3.8, 4) is 5.75 Å². The molecule has 0 spiro atoms. The standard InChI is InChI=1S/C26H41N5O7/c1-14(2)11-19(29-23(34)18(27)9-10-22(28)33)24(35)30-20(12-15(3)4)25(36)31-21(26(37)38)13-16-5-7-17(32)8-6-16/h5-8,14-15,18-21,32H,9-13,27H2,1-4H3,(H2,28,33)(H,29,34)(H,30,35)(H,31,36)(H,37,38). The van der Waals surface area contributed by atoms with Gasteiger partial charge in [-0.05, 0) is 48.8 Å². The van der Waals surface area contributed by atoms with E-state index in [-0.39, 0.29) is 49.7 Å². The first kappa shape index (κ1) is 32.4. The highest BCUT2D eigenvalue weighted by Crippen LogP contribution is 2.13. The average molecular weight is 536 g/mol. The van der Waals surface area contributed by atoms with Gasteiger partial charge in [0.15, 0.2) is 0 Å². The zero-order valence-corrected chi connectivity index (χ0v) is 22.4. The lowest BCUT2D eigenvalue weighted by molar-refractivity contribution is -0.142. The summed E-state index contributed by atoms with van der Waals surface area (Å²) in [7, 11) is 0. The number of carbonyl (C=O) groups excluding carboxylic acids is 4. The van der Waals surface area contributed by atoms with E-state index in [4.69, 9.17) is 11.5 Å². The zero-order valence-electron chi connectivity index (χ0n) is 22.4. The Bertz CT molecular complexity index is 965. The van der Waals surface area contributed by atoms with Crippen molar-refractivity contribution in [3.63, 3.8) is 0 Å². The fourth-order valence-corrected chi connectivity index (χ4v) is 3.73. The molecule has 4 atom stereocenters. The number of aromatic hydroxyl groups is 1. The molecular formula is C26H41N5O7. The minimum Gasteiger partial charge on any atom is -0.508 e. The van der Waals surface area contributed by atoms with Crippen molar-refractivity contribution < 1.29 is 34.2 Å². The van der Waals surface area contributed by atoms with Crippen LogP contribution >= 0.6 is 0 Å². The Morgan fingerprint density at radius 1 is 0.789 bits per heavy atom. The van der Waals surface area contributed by atoms with Gasteiger partial charge in [-0.25, -0.2) is 4.79 Å². The lowest BCUT2D eigenvalue weighted by Crippen LogP contribution is -2.57. The first-order valence-electron chi connectivity index (χ1n) is 12.6. The molecule has 4 unspecified atom stereocenters. The molecule has 9 N–H and O–H groups in total. The highest BCUT2D eigenvalue weighted by Gasteiger charge is 2.31. The number of carbonyl (C=O) groups is 5. The molecule has 0 saturated heterocycles. The van der Waals surface area contributed by atoms with E-state index in [0.29, 0.717) is 5.56 Å². The van der Waals surface area contributed by atoms with Crippen molar-refractivity contribution in [2.24, 2.45) is 23.3 Å². The maximum atomic E-state index is 13.2. The smallest absolute Gasteiger partial charge is 0.326 e. The molecule has 0 bridgehead atoms. The number of aliphatic carboxylic acids is 1. The summed E-state index contributed by atoms with van der Waals surface area (Å²) in [5.41, 5.74) is 11.5. The van der Waals surface area contributed by atoms with Crippen LogP contribution in [0.5, 0.6) is 5.75 Å². The maximum absolute atomic E-state index is 13.2. The zero-order chi connectivity index (χ0) is 29.0. The second-order valence-electron chi connectivity index (χ2n) is 10.3. The number of phenolic OH excluding ortho intramolecular Hbond substituents is 1. The molecule has 0 aromatic heterocycles. The number of primary amides is 1. The van der Waals surface area contributed by atoms with Gasteiger partial charge >= 0.3 is 5.97 Å². The Labute approximate surface area is 222 Å². The molecule has 0 aliphatic rings. The molecule has 1 aromatic carbocycles. The van der Waals surface area contributed by atoms with E-state index in [0.717, 1.165) is 0 Å². The van der Waals surface area contributed by atoms with E-state index in [9.17, 15) is 34.2 Å². The summed E-state index contributed by atoms with van der Waals surface area (Å²) in [4.78, 5) is 61.7. The number of nitrogens with one attached hydrogen (secondary N) is 3. The van der Waals surface area contributed by atoms with Gasteiger partial charge in [-0.2, -0.15) is 0 Å². The van der Waals surface area contributed by atoms with Crippen molar-refractivity contribution in [1.82, 2.24) is 16.0 Å². The van der Waals surface area contributed by atoms with Crippen LogP contribution in [0.25, 0.3) is 0 Å². The molecular weight excluding hydrogens is 494 g/mol. The van der Waals surface area contributed by atoms with Crippen molar-refractivity contribution in [2.75, 3.05) is 0 Å². The Balaban J connectivity index is 3.00. The predicted octanol–water partition coefficient (Wildman–Crippen LogP) is 0.159. The van der Waals surface area contributed by atoms with Gasteiger partial charge in [-0.3, -0.25) is 19.2 Å². The van der Waals surface area contributed by atoms with Crippen LogP contribution < -0.4 is 27.4 Å². The largest absolute Gasteiger partial charge is 0.508 e. The predicted molar refractivity (Wildman–Crippen MR) is 141 cm³/mol. The van der Waals surface area contributed by atoms with Crippen LogP contribution in [0.2, 0.25) is 0 Å². The first-order chi connectivity index (χ1) is 17.7. The Morgan fingerprint density at radius 2 is 1.24 bits per heavy atom. The average Bonchev–Trinajstić information content (AvgIpc) is 2.81. The number of benzene rings is 1. The van der Waals surface area contributed by atoms with E-state index < -0.39 is 53.8 Å². The second kappa shape index (κ2) is 15.6. The van der Waals surface area contributed by atoms with Gasteiger partial charge in [0, 0.05) is 12.8 Å². The third-order valence-corrected chi connectivity index (χ3v) is 5.71. The van der Waals surface area contributed by atoms with Crippen LogP contribution in [0.4, 0.5) is 0 Å². The maximum Gasteiger partial charge on any atom is 0.326 e. The van der Waals surface area contributed by atoms with Gasteiger partial charge in [0.2, 0.25) is 23.6 Å². The summed E-state index contributed by atoms with van der Waals surface area (Å²) in [6.07, 6.45) is 0.394. The lowest BCUT2D eigenvalue weighted by atomic mass is 9.99. The summed E-state index contributed by atoms with van der Waals surface area (Å²) in [6.45, 7) is 7.42. The molecule has 0 aliphatic carbocycles. The molecule has 1 rings (SSSR count). The van der Waals surface area contributed by atoms with Crippen molar-refractivity contribution in [3.05, 3.63) is 29.8 Å². The number of nitrogens with two attached hydrogens (primary N) is 2. The summed E-state index contributed by atoms with van der Waals surface area (Å²) in [6, 6.07) is 1.57. The van der Waals surface area contributed by atoms with Crippen LogP contribution in [-0.4, -0.2) is 64.0 Å². The third kappa shape index (κ3) is 12.0. The normalized spacial score (nSPS) is 14.3. The van der Waals surface area contributed by atoms with Crippen LogP contribution in [0.15, 0.2) is 24.3 Å². The minimum atomic E-state index is -1.27. The molecule has 4 amide bonds. The molecule has 0 aliphatic heterocycles. The van der Waals surface area contributed by atoms with Gasteiger partial charge in [0.25, 0.3) is 0 Å². The second-order valence-corrected chi connectivity index (χ2v) is 10.3. The molecule has 12 nitrogen and oxygen atoms in total. The van der Waals surface area contributed by atoms with Crippen LogP contribution in [0.1, 0.15) is 58.9 Å². The number of rotatable bonds is 16. The van der Waals surface area contributed by atoms with E-state index >= 15 is 0 Å². The minimum absolute atomic E-state index is 0.00645. The number of phenols is 1. The number of hydrogen-bond donors (Lipinski definition) is 7. The highest BCUT2D eigenvalue weighted by molar-refractivity contribution is 5.94. The highest BCUT2D eigenvalue weighted by atomic mass is 16.4. The number of carboxylic acids is 1. The van der Waals surface area contributed by atoms with Gasteiger partial charge in [-0.1, -0.05) is 39.8 Å². The SMILES string of the molecule is CC(C)CC(NC(=O)C(N)CCC(N)=O)C(=O)NC(CC(C)C)C(=O)NC(Cc1ccc(O)cc1)C(=O)O. The van der Waals surface area contributed by atoms with Crippen molar-refractivity contribution in [2.45, 2.75) is 84.0 Å². The van der Waals surface area contributed by atoms with E-state index in [2.05, 4.69) is 16.0 Å². The van der Waals surface area contributed by atoms with Gasteiger partial charge in [0.1, 0.15) is 23.9 Å². The summed E-state index contributed by atoms with van der Waals surface area (Å²) < 4.78 is 0. The van der Waals surface area contributed by atoms with Crippen LogP contribution in [-0.2, 0) is 30.4 Å². The molecule has 0 radical (unpaired) electrons. The van der Waals surface area contributed by atoms with E-state index in [1.165, 1.54) is 12.1 Å². The monoisotopic (exact) mass is 535 g/mol. The van der Waals surface area contributed by atoms with Crippen molar-refractivity contribution in [1.29, 1.82) is 0 Å². The molecule has 0 heterocycles. The molecule has 212 valence electrons. The molecule has 0 saturated carbocycles.